The molecule has 0 fully saturated rings. The molecule has 0 spiro atoms. The largest absolute Gasteiger partial charge is 0.310 e. The van der Waals surface area contributed by atoms with E-state index in [2.05, 4.69) is 174 Å². The fraction of sp³-hybridized carbons (Fsp3) is 0.244. The predicted molar refractivity (Wildman–Crippen MR) is 197 cm³/mol. The van der Waals surface area contributed by atoms with E-state index in [4.69, 9.17) is 0 Å². The van der Waals surface area contributed by atoms with Gasteiger partial charge in [-0.2, -0.15) is 0 Å². The molecule has 6 aromatic carbocycles. The zero-order valence-electron chi connectivity index (χ0n) is 28.0. The highest BCUT2D eigenvalue weighted by Gasteiger charge is 2.38. The molecule has 228 valence electrons. The van der Waals surface area contributed by atoms with E-state index < -0.39 is 0 Å². The van der Waals surface area contributed by atoms with E-state index in [9.17, 15) is 0 Å². The predicted octanol–water partition coefficient (Wildman–Crippen LogP) is 12.6. The van der Waals surface area contributed by atoms with Crippen LogP contribution in [0, 0.1) is 0 Å². The molecule has 1 nitrogen and oxygen atoms in total. The standard InChI is InChI=1S/C45H43N/c1-43(2)24-25-44(3,4)41-28-32-26-33(21-20-31(32)27-40(41)43)46(42-19-13-11-16-35(42)30-14-8-7-9-15-30)34-22-23-37-36-17-10-12-18-38(36)45(5,6)39(37)29-34/h7-23,26-29H,24-25H2,1-6H3. The summed E-state index contributed by atoms with van der Waals surface area (Å²) in [7, 11) is 0. The second-order valence-electron chi connectivity index (χ2n) is 15.3. The lowest BCUT2D eigenvalue weighted by Crippen LogP contribution is -2.33. The van der Waals surface area contributed by atoms with Crippen molar-refractivity contribution in [1.82, 2.24) is 0 Å². The molecule has 0 N–H and O–H groups in total. The highest BCUT2D eigenvalue weighted by atomic mass is 15.1. The van der Waals surface area contributed by atoms with E-state index in [1.165, 1.54) is 85.2 Å². The van der Waals surface area contributed by atoms with Gasteiger partial charge in [0, 0.05) is 22.4 Å². The summed E-state index contributed by atoms with van der Waals surface area (Å²) in [6.45, 7) is 14.4. The molecule has 0 unspecified atom stereocenters. The van der Waals surface area contributed by atoms with Gasteiger partial charge in [-0.05, 0) is 104 Å². The quantitative estimate of drug-likeness (QED) is 0.195. The maximum absolute atomic E-state index is 2.50. The Labute approximate surface area is 274 Å². The van der Waals surface area contributed by atoms with Crippen LogP contribution in [0.4, 0.5) is 17.1 Å². The van der Waals surface area contributed by atoms with Crippen LogP contribution < -0.4 is 4.90 Å². The molecule has 1 heteroatoms. The molecule has 0 radical (unpaired) electrons. The normalized spacial score (nSPS) is 16.8. The van der Waals surface area contributed by atoms with E-state index >= 15 is 0 Å². The van der Waals surface area contributed by atoms with Gasteiger partial charge in [-0.15, -0.1) is 0 Å². The zero-order chi connectivity index (χ0) is 31.8. The molecule has 0 saturated heterocycles. The Hall–Kier alpha value is -4.62. The Morgan fingerprint density at radius 3 is 1.74 bits per heavy atom. The average Bonchev–Trinajstić information content (AvgIpc) is 3.29. The first-order chi connectivity index (χ1) is 22.0. The Kier molecular flexibility index (Phi) is 6.39. The number of para-hydroxylation sites is 1. The molecular formula is C45H43N. The molecule has 0 amide bonds. The molecule has 2 aliphatic rings. The Morgan fingerprint density at radius 2 is 1.00 bits per heavy atom. The minimum atomic E-state index is -0.0760. The molecular weight excluding hydrogens is 555 g/mol. The third-order valence-electron chi connectivity index (χ3n) is 11.1. The first-order valence-electron chi connectivity index (χ1n) is 16.8. The summed E-state index contributed by atoms with van der Waals surface area (Å²) in [5, 5.41) is 2.62. The fourth-order valence-corrected chi connectivity index (χ4v) is 8.23. The van der Waals surface area contributed by atoms with Crippen molar-refractivity contribution in [2.45, 2.75) is 70.6 Å². The van der Waals surface area contributed by atoms with Gasteiger partial charge in [-0.25, -0.2) is 0 Å². The third kappa shape index (κ3) is 4.43. The van der Waals surface area contributed by atoms with Crippen LogP contribution >= 0.6 is 0 Å². The maximum Gasteiger partial charge on any atom is 0.0540 e. The van der Waals surface area contributed by atoms with Crippen molar-refractivity contribution in [2.75, 3.05) is 4.90 Å². The lowest BCUT2D eigenvalue weighted by Gasteiger charge is -2.42. The topological polar surface area (TPSA) is 3.24 Å². The van der Waals surface area contributed by atoms with Gasteiger partial charge >= 0.3 is 0 Å². The Bertz CT molecular complexity index is 2130. The van der Waals surface area contributed by atoms with Crippen LogP contribution in [0.25, 0.3) is 33.0 Å². The van der Waals surface area contributed by atoms with Crippen molar-refractivity contribution in [1.29, 1.82) is 0 Å². The van der Waals surface area contributed by atoms with Gasteiger partial charge in [0.15, 0.2) is 0 Å². The first kappa shape index (κ1) is 28.8. The van der Waals surface area contributed by atoms with Crippen LogP contribution in [0.2, 0.25) is 0 Å². The molecule has 46 heavy (non-hydrogen) atoms. The van der Waals surface area contributed by atoms with Crippen molar-refractivity contribution in [3.8, 4) is 22.3 Å². The number of hydrogen-bond donors (Lipinski definition) is 0. The van der Waals surface area contributed by atoms with E-state index in [-0.39, 0.29) is 16.2 Å². The van der Waals surface area contributed by atoms with Crippen molar-refractivity contribution < 1.29 is 0 Å². The number of fused-ring (bicyclic) bond motifs is 5. The highest BCUT2D eigenvalue weighted by Crippen LogP contribution is 2.52. The van der Waals surface area contributed by atoms with E-state index in [1.54, 1.807) is 0 Å². The minimum absolute atomic E-state index is 0.0760. The fourth-order valence-electron chi connectivity index (χ4n) is 8.23. The minimum Gasteiger partial charge on any atom is -0.310 e. The zero-order valence-corrected chi connectivity index (χ0v) is 28.0. The number of nitrogens with zero attached hydrogens (tertiary/aromatic N) is 1. The van der Waals surface area contributed by atoms with Crippen molar-refractivity contribution in [2.24, 2.45) is 0 Å². The molecule has 0 aliphatic heterocycles. The van der Waals surface area contributed by atoms with Crippen molar-refractivity contribution in [3.05, 3.63) is 150 Å². The van der Waals surface area contributed by atoms with E-state index in [0.29, 0.717) is 0 Å². The van der Waals surface area contributed by atoms with Crippen LogP contribution in [0.15, 0.2) is 127 Å². The molecule has 0 bridgehead atoms. The summed E-state index contributed by atoms with van der Waals surface area (Å²) in [5.41, 5.74) is 14.7. The van der Waals surface area contributed by atoms with Gasteiger partial charge < -0.3 is 4.90 Å². The lowest BCUT2D eigenvalue weighted by molar-refractivity contribution is 0.332. The SMILES string of the molecule is CC1(C)CCC(C)(C)c2cc3cc(N(c4ccc5c(c4)C(C)(C)c4ccccc4-5)c4ccccc4-c4ccccc4)ccc3cc21. The van der Waals surface area contributed by atoms with E-state index in [0.717, 1.165) is 0 Å². The lowest BCUT2D eigenvalue weighted by atomic mass is 9.63. The second kappa shape index (κ2) is 10.2. The third-order valence-corrected chi connectivity index (χ3v) is 11.1. The van der Waals surface area contributed by atoms with Gasteiger partial charge in [0.2, 0.25) is 0 Å². The smallest absolute Gasteiger partial charge is 0.0540 e. The summed E-state index contributed by atoms with van der Waals surface area (Å²) >= 11 is 0. The Balaban J connectivity index is 1.36. The van der Waals surface area contributed by atoms with Gasteiger partial charge in [0.05, 0.1) is 5.69 Å². The van der Waals surface area contributed by atoms with Crippen LogP contribution in [-0.4, -0.2) is 0 Å². The number of rotatable bonds is 4. The van der Waals surface area contributed by atoms with Crippen LogP contribution in [0.3, 0.4) is 0 Å². The average molecular weight is 598 g/mol. The number of hydrogen-bond acceptors (Lipinski definition) is 1. The summed E-state index contributed by atoms with van der Waals surface area (Å²) in [6.07, 6.45) is 2.43. The van der Waals surface area contributed by atoms with Crippen molar-refractivity contribution in [3.63, 3.8) is 0 Å². The molecule has 8 rings (SSSR count). The molecule has 6 aromatic rings. The highest BCUT2D eigenvalue weighted by molar-refractivity contribution is 5.94. The molecule has 0 heterocycles. The van der Waals surface area contributed by atoms with Crippen molar-refractivity contribution >= 4 is 27.8 Å². The molecule has 0 saturated carbocycles. The molecule has 0 aromatic heterocycles. The second-order valence-corrected chi connectivity index (χ2v) is 15.3. The summed E-state index contributed by atoms with van der Waals surface area (Å²) < 4.78 is 0. The monoisotopic (exact) mass is 597 g/mol. The maximum atomic E-state index is 2.50. The van der Waals surface area contributed by atoms with Crippen LogP contribution in [0.1, 0.15) is 76.6 Å². The Morgan fingerprint density at radius 1 is 0.435 bits per heavy atom. The van der Waals surface area contributed by atoms with Gasteiger partial charge in [-0.3, -0.25) is 0 Å². The van der Waals surface area contributed by atoms with Gasteiger partial charge in [-0.1, -0.05) is 139 Å². The summed E-state index contributed by atoms with van der Waals surface area (Å²) in [5.74, 6) is 0. The molecule has 0 atom stereocenters. The van der Waals surface area contributed by atoms with Crippen LogP contribution in [0.5, 0.6) is 0 Å². The van der Waals surface area contributed by atoms with Gasteiger partial charge in [0.1, 0.15) is 0 Å². The molecule has 2 aliphatic carbocycles. The van der Waals surface area contributed by atoms with Crippen LogP contribution in [-0.2, 0) is 16.2 Å². The first-order valence-corrected chi connectivity index (χ1v) is 16.8. The van der Waals surface area contributed by atoms with E-state index in [1.807, 2.05) is 0 Å². The number of benzene rings is 6. The number of anilines is 3. The summed E-state index contributed by atoms with van der Waals surface area (Å²) in [4.78, 5) is 2.48. The summed E-state index contributed by atoms with van der Waals surface area (Å²) in [6, 6.07) is 47.7. The van der Waals surface area contributed by atoms with Gasteiger partial charge in [0.25, 0.3) is 0 Å².